The number of benzene rings is 11. The lowest BCUT2D eigenvalue weighted by molar-refractivity contribution is 0.669. The van der Waals surface area contributed by atoms with Gasteiger partial charge in [0.15, 0.2) is 0 Å². The van der Waals surface area contributed by atoms with Crippen LogP contribution in [0, 0.1) is 0 Å². The first kappa shape index (κ1) is 38.9. The van der Waals surface area contributed by atoms with Crippen molar-refractivity contribution in [3.63, 3.8) is 0 Å². The summed E-state index contributed by atoms with van der Waals surface area (Å²) in [6.45, 7) is 0. The second-order valence-corrected chi connectivity index (χ2v) is 16.9. The molecule has 0 radical (unpaired) electrons. The van der Waals surface area contributed by atoms with Gasteiger partial charge in [0, 0.05) is 27.8 Å². The molecule has 1 heterocycles. The van der Waals surface area contributed by atoms with Gasteiger partial charge in [-0.2, -0.15) is 0 Å². The van der Waals surface area contributed by atoms with Crippen molar-refractivity contribution >= 4 is 49.8 Å². The topological polar surface area (TPSA) is 16.4 Å². The molecule has 0 fully saturated rings. The third kappa shape index (κ3) is 7.31. The van der Waals surface area contributed by atoms with Crippen molar-refractivity contribution in [1.29, 1.82) is 0 Å². The minimum atomic E-state index is 0.895. The van der Waals surface area contributed by atoms with E-state index in [1.165, 1.54) is 60.8 Å². The van der Waals surface area contributed by atoms with E-state index in [-0.39, 0.29) is 0 Å². The third-order valence-electron chi connectivity index (χ3n) is 12.9. The van der Waals surface area contributed by atoms with Crippen LogP contribution in [0.25, 0.3) is 99.5 Å². The smallest absolute Gasteiger partial charge is 0.135 e. The predicted molar refractivity (Wildman–Crippen MR) is 279 cm³/mol. The largest absolute Gasteiger partial charge is 0.456 e. The zero-order valence-corrected chi connectivity index (χ0v) is 36.2. The fraction of sp³-hybridized carbons (Fsp3) is 0. The van der Waals surface area contributed by atoms with E-state index in [2.05, 4.69) is 254 Å². The molecule has 0 N–H and O–H groups in total. The molecule has 0 amide bonds. The van der Waals surface area contributed by atoms with Crippen molar-refractivity contribution in [3.05, 3.63) is 261 Å². The van der Waals surface area contributed by atoms with Gasteiger partial charge >= 0.3 is 0 Å². The highest BCUT2D eigenvalue weighted by molar-refractivity contribution is 6.06. The molecule has 0 aliphatic heterocycles. The Kier molecular flexibility index (Phi) is 9.89. The normalized spacial score (nSPS) is 11.3. The Hall–Kier alpha value is -8.72. The molecule has 0 saturated carbocycles. The summed E-state index contributed by atoms with van der Waals surface area (Å²) < 4.78 is 6.19. The lowest BCUT2D eigenvalue weighted by atomic mass is 9.91. The SMILES string of the molecule is c1ccc(-c2ccc(-c3ccc(N(c4ccc(-c5ccc(-c6cccc7ccccc67)cc5)cc4)c4cccc(-c5ccc6oc7ccccc7c6c5)c4)cc3)cc2-c2ccccc2)cc1. The predicted octanol–water partition coefficient (Wildman–Crippen LogP) is 18.2. The highest BCUT2D eigenvalue weighted by atomic mass is 16.3. The molecule has 0 saturated heterocycles. The van der Waals surface area contributed by atoms with Crippen LogP contribution in [-0.4, -0.2) is 0 Å². The van der Waals surface area contributed by atoms with Crippen LogP contribution < -0.4 is 4.90 Å². The number of furan rings is 1. The summed E-state index contributed by atoms with van der Waals surface area (Å²) >= 11 is 0. The van der Waals surface area contributed by atoms with Gasteiger partial charge in [0.25, 0.3) is 0 Å². The van der Waals surface area contributed by atoms with Crippen LogP contribution in [0.15, 0.2) is 265 Å². The molecular formula is C64H43NO. The molecule has 12 aromatic rings. The van der Waals surface area contributed by atoms with Crippen LogP contribution in [0.3, 0.4) is 0 Å². The first-order chi connectivity index (χ1) is 32.7. The van der Waals surface area contributed by atoms with Crippen molar-refractivity contribution in [2.24, 2.45) is 0 Å². The molecule has 66 heavy (non-hydrogen) atoms. The summed E-state index contributed by atoms with van der Waals surface area (Å²) in [6.07, 6.45) is 0. The lowest BCUT2D eigenvalue weighted by Crippen LogP contribution is -2.10. The number of hydrogen-bond acceptors (Lipinski definition) is 2. The number of hydrogen-bond donors (Lipinski definition) is 0. The van der Waals surface area contributed by atoms with Gasteiger partial charge in [-0.05, 0) is 138 Å². The van der Waals surface area contributed by atoms with Crippen LogP contribution in [0.2, 0.25) is 0 Å². The lowest BCUT2D eigenvalue weighted by Gasteiger charge is -2.26. The Morgan fingerprint density at radius 1 is 0.227 bits per heavy atom. The van der Waals surface area contributed by atoms with E-state index in [1.54, 1.807) is 0 Å². The zero-order valence-electron chi connectivity index (χ0n) is 36.2. The molecule has 0 aliphatic rings. The fourth-order valence-corrected chi connectivity index (χ4v) is 9.55. The van der Waals surface area contributed by atoms with Crippen molar-refractivity contribution in [2.45, 2.75) is 0 Å². The Morgan fingerprint density at radius 3 is 1.42 bits per heavy atom. The Labute approximate surface area is 384 Å². The van der Waals surface area contributed by atoms with Crippen molar-refractivity contribution in [1.82, 2.24) is 0 Å². The van der Waals surface area contributed by atoms with E-state index in [1.807, 2.05) is 12.1 Å². The first-order valence-electron chi connectivity index (χ1n) is 22.6. The standard InChI is InChI=1S/C64H43NO/c1-3-13-47(14-4-1)59-39-33-52(42-61(59)49-15-5-2-6-16-49)46-31-37-55(38-32-46)65(56-20-11-19-51(41-56)53-34-40-64-62(43-53)60-22-9-10-24-63(60)66-64)54-35-29-45(30-36-54)44-25-27-50(28-26-44)58-23-12-18-48-17-7-8-21-57(48)58/h1-43H. The monoisotopic (exact) mass is 841 g/mol. The maximum atomic E-state index is 6.19. The molecule has 0 spiro atoms. The number of para-hydroxylation sites is 1. The van der Waals surface area contributed by atoms with Gasteiger partial charge in [0.2, 0.25) is 0 Å². The van der Waals surface area contributed by atoms with E-state index in [0.717, 1.165) is 55.7 Å². The molecule has 11 aromatic carbocycles. The minimum absolute atomic E-state index is 0.895. The molecular weight excluding hydrogens is 799 g/mol. The van der Waals surface area contributed by atoms with Crippen LogP contribution in [0.5, 0.6) is 0 Å². The average molecular weight is 842 g/mol. The van der Waals surface area contributed by atoms with E-state index in [9.17, 15) is 0 Å². The van der Waals surface area contributed by atoms with Crippen LogP contribution in [0.4, 0.5) is 17.1 Å². The highest BCUT2D eigenvalue weighted by Crippen LogP contribution is 2.41. The van der Waals surface area contributed by atoms with Gasteiger partial charge in [-0.1, -0.05) is 200 Å². The number of rotatable bonds is 9. The molecule has 310 valence electrons. The van der Waals surface area contributed by atoms with Crippen LogP contribution in [0.1, 0.15) is 0 Å². The Balaban J connectivity index is 0.917. The molecule has 2 heteroatoms. The number of nitrogens with zero attached hydrogens (tertiary/aromatic N) is 1. The summed E-state index contributed by atoms with van der Waals surface area (Å²) in [5.74, 6) is 0. The van der Waals surface area contributed by atoms with Crippen LogP contribution in [-0.2, 0) is 0 Å². The maximum Gasteiger partial charge on any atom is 0.135 e. The van der Waals surface area contributed by atoms with Gasteiger partial charge < -0.3 is 9.32 Å². The summed E-state index contributed by atoms with van der Waals surface area (Å²) in [5.41, 5.74) is 19.3. The molecule has 0 bridgehead atoms. The molecule has 0 atom stereocenters. The van der Waals surface area contributed by atoms with Crippen LogP contribution >= 0.6 is 0 Å². The van der Waals surface area contributed by atoms with E-state index < -0.39 is 0 Å². The zero-order chi connectivity index (χ0) is 43.8. The third-order valence-corrected chi connectivity index (χ3v) is 12.9. The molecule has 0 aliphatic carbocycles. The van der Waals surface area contributed by atoms with Gasteiger partial charge in [-0.25, -0.2) is 0 Å². The summed E-state index contributed by atoms with van der Waals surface area (Å²) in [4.78, 5) is 2.36. The maximum absolute atomic E-state index is 6.19. The van der Waals surface area contributed by atoms with Gasteiger partial charge in [0.1, 0.15) is 11.2 Å². The van der Waals surface area contributed by atoms with Crippen molar-refractivity contribution in [3.8, 4) is 66.8 Å². The Morgan fingerprint density at radius 2 is 0.697 bits per heavy atom. The highest BCUT2D eigenvalue weighted by Gasteiger charge is 2.17. The average Bonchev–Trinajstić information content (AvgIpc) is 3.78. The summed E-state index contributed by atoms with van der Waals surface area (Å²) in [7, 11) is 0. The first-order valence-corrected chi connectivity index (χ1v) is 22.6. The van der Waals surface area contributed by atoms with E-state index in [4.69, 9.17) is 4.42 Å². The second kappa shape index (κ2) is 16.8. The molecule has 0 unspecified atom stereocenters. The second-order valence-electron chi connectivity index (χ2n) is 16.9. The molecule has 2 nitrogen and oxygen atoms in total. The van der Waals surface area contributed by atoms with Gasteiger partial charge in [-0.15, -0.1) is 0 Å². The number of anilines is 3. The summed E-state index contributed by atoms with van der Waals surface area (Å²) in [5, 5.41) is 4.76. The van der Waals surface area contributed by atoms with Gasteiger partial charge in [0.05, 0.1) is 0 Å². The summed E-state index contributed by atoms with van der Waals surface area (Å²) in [6, 6.07) is 93.9. The van der Waals surface area contributed by atoms with Crippen molar-refractivity contribution < 1.29 is 4.42 Å². The van der Waals surface area contributed by atoms with E-state index >= 15 is 0 Å². The van der Waals surface area contributed by atoms with Crippen molar-refractivity contribution in [2.75, 3.05) is 4.90 Å². The molecule has 1 aromatic heterocycles. The Bertz CT molecular complexity index is 3660. The fourth-order valence-electron chi connectivity index (χ4n) is 9.55. The van der Waals surface area contributed by atoms with E-state index in [0.29, 0.717) is 0 Å². The number of fused-ring (bicyclic) bond motifs is 4. The van der Waals surface area contributed by atoms with Gasteiger partial charge in [-0.3, -0.25) is 0 Å². The quantitative estimate of drug-likeness (QED) is 0.144. The minimum Gasteiger partial charge on any atom is -0.456 e. The molecule has 12 rings (SSSR count).